The Morgan fingerprint density at radius 2 is 1.76 bits per heavy atom. The van der Waals surface area contributed by atoms with Crippen LogP contribution in [0, 0.1) is 6.92 Å². The first-order valence-electron chi connectivity index (χ1n) is 4.79. The van der Waals surface area contributed by atoms with Crippen LogP contribution in [0.5, 0.6) is 0 Å². The number of nitrogens with two attached hydrogens (primary N) is 1. The Morgan fingerprint density at radius 3 is 2.29 bits per heavy atom. The fourth-order valence-electron chi connectivity index (χ4n) is 1.50. The first kappa shape index (κ1) is 11.5. The standard InChI is InChI=1S/C11H9F3N2O/c1-6-2-4-7(5-3-6)8-9(11(12,13)14)17-16-10(8)15/h2-5H,1H3,(H2,15,16). The third kappa shape index (κ3) is 2.11. The van der Waals surface area contributed by atoms with Crippen LogP contribution < -0.4 is 5.73 Å². The summed E-state index contributed by atoms with van der Waals surface area (Å²) < 4.78 is 42.2. The minimum absolute atomic E-state index is 0.211. The highest BCUT2D eigenvalue weighted by Crippen LogP contribution is 2.40. The van der Waals surface area contributed by atoms with Crippen molar-refractivity contribution in [3.8, 4) is 11.1 Å². The third-order valence-electron chi connectivity index (χ3n) is 2.32. The summed E-state index contributed by atoms with van der Waals surface area (Å²) in [5.74, 6) is -1.43. The molecule has 2 aromatic rings. The number of nitrogen functional groups attached to an aromatic ring is 1. The number of anilines is 1. The number of rotatable bonds is 1. The smallest absolute Gasteiger partial charge is 0.380 e. The van der Waals surface area contributed by atoms with Crippen LogP contribution in [0.2, 0.25) is 0 Å². The third-order valence-corrected chi connectivity index (χ3v) is 2.32. The van der Waals surface area contributed by atoms with Crippen LogP contribution in [0.15, 0.2) is 28.8 Å². The highest BCUT2D eigenvalue weighted by molar-refractivity contribution is 5.76. The lowest BCUT2D eigenvalue weighted by molar-refractivity contribution is -0.154. The maximum Gasteiger partial charge on any atom is 0.453 e. The van der Waals surface area contributed by atoms with Crippen LogP contribution in [-0.4, -0.2) is 5.16 Å². The van der Waals surface area contributed by atoms with E-state index in [1.54, 1.807) is 24.3 Å². The molecule has 6 heteroatoms. The molecule has 0 saturated carbocycles. The summed E-state index contributed by atoms with van der Waals surface area (Å²) in [4.78, 5) is 0. The molecule has 1 aromatic carbocycles. The number of hydrogen-bond acceptors (Lipinski definition) is 3. The van der Waals surface area contributed by atoms with Crippen LogP contribution in [0.3, 0.4) is 0 Å². The Bertz CT molecular complexity index is 529. The van der Waals surface area contributed by atoms with E-state index in [2.05, 4.69) is 9.68 Å². The summed E-state index contributed by atoms with van der Waals surface area (Å²) in [5, 5.41) is 3.16. The molecule has 0 unspecified atom stereocenters. The largest absolute Gasteiger partial charge is 0.453 e. The normalized spacial score (nSPS) is 11.8. The molecule has 2 N–H and O–H groups in total. The first-order chi connectivity index (χ1) is 7.89. The maximum absolute atomic E-state index is 12.6. The van der Waals surface area contributed by atoms with Crippen molar-refractivity contribution in [1.29, 1.82) is 0 Å². The van der Waals surface area contributed by atoms with Gasteiger partial charge in [-0.25, -0.2) is 0 Å². The lowest BCUT2D eigenvalue weighted by Crippen LogP contribution is -2.05. The zero-order valence-corrected chi connectivity index (χ0v) is 8.88. The number of aromatic nitrogens is 1. The number of hydrogen-bond donors (Lipinski definition) is 1. The van der Waals surface area contributed by atoms with Gasteiger partial charge in [0, 0.05) is 0 Å². The summed E-state index contributed by atoms with van der Waals surface area (Å²) in [6, 6.07) is 6.49. The molecule has 0 aliphatic rings. The van der Waals surface area contributed by atoms with Gasteiger partial charge in [-0.15, -0.1) is 0 Å². The van der Waals surface area contributed by atoms with E-state index >= 15 is 0 Å². The molecule has 17 heavy (non-hydrogen) atoms. The predicted molar refractivity (Wildman–Crippen MR) is 56.1 cm³/mol. The average Bonchev–Trinajstić information content (AvgIpc) is 2.61. The van der Waals surface area contributed by atoms with E-state index in [9.17, 15) is 13.2 Å². The first-order valence-corrected chi connectivity index (χ1v) is 4.79. The molecule has 0 bridgehead atoms. The van der Waals surface area contributed by atoms with Crippen LogP contribution >= 0.6 is 0 Å². The molecule has 0 spiro atoms. The van der Waals surface area contributed by atoms with Gasteiger partial charge in [0.05, 0.1) is 5.56 Å². The van der Waals surface area contributed by atoms with Gasteiger partial charge in [-0.3, -0.25) is 0 Å². The Hall–Kier alpha value is -1.98. The summed E-state index contributed by atoms with van der Waals surface area (Å²) >= 11 is 0. The van der Waals surface area contributed by atoms with Crippen molar-refractivity contribution < 1.29 is 17.7 Å². The molecule has 2 rings (SSSR count). The lowest BCUT2D eigenvalue weighted by atomic mass is 10.0. The highest BCUT2D eigenvalue weighted by Gasteiger charge is 2.40. The minimum atomic E-state index is -4.61. The number of nitrogens with zero attached hydrogens (tertiary/aromatic N) is 1. The molecular formula is C11H9F3N2O. The van der Waals surface area contributed by atoms with Crippen molar-refractivity contribution in [3.05, 3.63) is 35.6 Å². The molecule has 0 aliphatic heterocycles. The van der Waals surface area contributed by atoms with E-state index in [4.69, 9.17) is 5.73 Å². The molecule has 0 atom stereocenters. The number of aryl methyl sites for hydroxylation is 1. The number of halogens is 3. The Morgan fingerprint density at radius 1 is 1.18 bits per heavy atom. The second-order valence-corrected chi connectivity index (χ2v) is 3.64. The van der Waals surface area contributed by atoms with E-state index in [1.807, 2.05) is 6.92 Å². The van der Waals surface area contributed by atoms with Gasteiger partial charge < -0.3 is 10.3 Å². The van der Waals surface area contributed by atoms with Crippen molar-refractivity contribution in [2.75, 3.05) is 5.73 Å². The number of benzene rings is 1. The van der Waals surface area contributed by atoms with Gasteiger partial charge >= 0.3 is 6.18 Å². The molecule has 0 aliphatic carbocycles. The van der Waals surface area contributed by atoms with Gasteiger partial charge in [-0.05, 0) is 12.5 Å². The van der Waals surface area contributed by atoms with Gasteiger partial charge in [0.15, 0.2) is 5.82 Å². The highest BCUT2D eigenvalue weighted by atomic mass is 19.4. The molecule has 3 nitrogen and oxygen atoms in total. The van der Waals surface area contributed by atoms with Crippen molar-refractivity contribution in [1.82, 2.24) is 5.16 Å². The maximum atomic E-state index is 12.6. The second-order valence-electron chi connectivity index (χ2n) is 3.64. The van der Waals surface area contributed by atoms with E-state index < -0.39 is 11.9 Å². The Kier molecular flexibility index (Phi) is 2.57. The van der Waals surface area contributed by atoms with Crippen LogP contribution in [0.4, 0.5) is 19.0 Å². The van der Waals surface area contributed by atoms with E-state index in [0.717, 1.165) is 5.56 Å². The summed E-state index contributed by atoms with van der Waals surface area (Å²) in [6.45, 7) is 1.84. The monoisotopic (exact) mass is 242 g/mol. The van der Waals surface area contributed by atoms with Crippen molar-refractivity contribution in [3.63, 3.8) is 0 Å². The van der Waals surface area contributed by atoms with Gasteiger partial charge in [0.2, 0.25) is 5.76 Å². The fraction of sp³-hybridized carbons (Fsp3) is 0.182. The SMILES string of the molecule is Cc1ccc(-c2c(N)noc2C(F)(F)F)cc1. The molecular weight excluding hydrogens is 233 g/mol. The average molecular weight is 242 g/mol. The zero-order chi connectivity index (χ0) is 12.6. The molecule has 0 radical (unpaired) electrons. The molecule has 0 fully saturated rings. The van der Waals surface area contributed by atoms with Crippen molar-refractivity contribution in [2.45, 2.75) is 13.1 Å². The number of alkyl halides is 3. The molecule has 1 aromatic heterocycles. The summed E-state index contributed by atoms with van der Waals surface area (Å²) in [6.07, 6.45) is -4.61. The van der Waals surface area contributed by atoms with Crippen molar-refractivity contribution >= 4 is 5.82 Å². The van der Waals surface area contributed by atoms with E-state index in [1.165, 1.54) is 0 Å². The summed E-state index contributed by atoms with van der Waals surface area (Å²) in [5.41, 5.74) is 6.47. The Balaban J connectivity index is 2.59. The molecule has 90 valence electrons. The summed E-state index contributed by atoms with van der Waals surface area (Å²) in [7, 11) is 0. The molecule has 0 amide bonds. The lowest BCUT2D eigenvalue weighted by Gasteiger charge is -2.05. The molecule has 1 heterocycles. The van der Waals surface area contributed by atoms with Crippen LogP contribution in [0.1, 0.15) is 11.3 Å². The van der Waals surface area contributed by atoms with Crippen molar-refractivity contribution in [2.24, 2.45) is 0 Å². The van der Waals surface area contributed by atoms with E-state index in [0.29, 0.717) is 5.56 Å². The quantitative estimate of drug-likeness (QED) is 0.835. The van der Waals surface area contributed by atoms with Gasteiger partial charge in [-0.1, -0.05) is 35.0 Å². The van der Waals surface area contributed by atoms with E-state index in [-0.39, 0.29) is 11.4 Å². The van der Waals surface area contributed by atoms with Gasteiger partial charge in [0.1, 0.15) is 0 Å². The van der Waals surface area contributed by atoms with Gasteiger partial charge in [0.25, 0.3) is 0 Å². The zero-order valence-electron chi connectivity index (χ0n) is 8.88. The van der Waals surface area contributed by atoms with Gasteiger partial charge in [-0.2, -0.15) is 13.2 Å². The predicted octanol–water partition coefficient (Wildman–Crippen LogP) is 3.25. The van der Waals surface area contributed by atoms with Crippen LogP contribution in [-0.2, 0) is 6.18 Å². The Labute approximate surface area is 95.0 Å². The fourth-order valence-corrected chi connectivity index (χ4v) is 1.50. The second kappa shape index (κ2) is 3.80. The topological polar surface area (TPSA) is 52.0 Å². The minimum Gasteiger partial charge on any atom is -0.380 e. The van der Waals surface area contributed by atoms with Crippen LogP contribution in [0.25, 0.3) is 11.1 Å². The molecule has 0 saturated heterocycles.